The fraction of sp³-hybridized carbons (Fsp3) is 0.417. The molecule has 5 nitrogen and oxygen atoms in total. The van der Waals surface area contributed by atoms with Gasteiger partial charge in [-0.15, -0.1) is 18.2 Å². The number of aryl methyl sites for hydroxylation is 1. The van der Waals surface area contributed by atoms with Gasteiger partial charge in [0.05, 0.1) is 12.9 Å². The highest BCUT2D eigenvalue weighted by Gasteiger charge is 2.13. The second-order valence-corrected chi connectivity index (χ2v) is 4.46. The van der Waals surface area contributed by atoms with Crippen LogP contribution in [0.2, 0.25) is 0 Å². The van der Waals surface area contributed by atoms with E-state index in [2.05, 4.69) is 25.9 Å². The third-order valence-electron chi connectivity index (χ3n) is 2.04. The summed E-state index contributed by atoms with van der Waals surface area (Å²) >= 11 is 1.64. The number of nitrogens with zero attached hydrogens (tertiary/aromatic N) is 2. The molecule has 0 unspecified atom stereocenters. The summed E-state index contributed by atoms with van der Waals surface area (Å²) < 4.78 is 4.67. The van der Waals surface area contributed by atoms with Crippen LogP contribution in [0.5, 0.6) is 0 Å². The number of hydrogen-bond acceptors (Lipinski definition) is 6. The Morgan fingerprint density at radius 3 is 3.11 bits per heavy atom. The quantitative estimate of drug-likeness (QED) is 0.476. The molecule has 96 valence electrons. The lowest BCUT2D eigenvalue weighted by Gasteiger charge is -2.09. The normalized spacial score (nSPS) is 9.61. The zero-order chi connectivity index (χ0) is 13.4. The highest BCUT2D eigenvalue weighted by molar-refractivity contribution is 7.99. The zero-order valence-corrected chi connectivity index (χ0v) is 11.2. The van der Waals surface area contributed by atoms with Crippen molar-refractivity contribution in [1.82, 2.24) is 9.97 Å². The first kappa shape index (κ1) is 14.3. The second kappa shape index (κ2) is 7.56. The minimum atomic E-state index is -0.450. The fourth-order valence-electron chi connectivity index (χ4n) is 1.24. The van der Waals surface area contributed by atoms with Crippen LogP contribution in [0, 0.1) is 19.3 Å². The number of aromatic nitrogens is 2. The average molecular weight is 265 g/mol. The minimum Gasteiger partial charge on any atom is -0.465 e. The van der Waals surface area contributed by atoms with E-state index in [4.69, 9.17) is 6.42 Å². The predicted molar refractivity (Wildman–Crippen MR) is 72.8 cm³/mol. The molecule has 0 amide bonds. The molecule has 18 heavy (non-hydrogen) atoms. The van der Waals surface area contributed by atoms with Gasteiger partial charge in [0.25, 0.3) is 0 Å². The van der Waals surface area contributed by atoms with Gasteiger partial charge in [0.15, 0.2) is 0 Å². The summed E-state index contributed by atoms with van der Waals surface area (Å²) in [5.41, 5.74) is 0.338. The van der Waals surface area contributed by atoms with E-state index in [1.54, 1.807) is 18.7 Å². The lowest BCUT2D eigenvalue weighted by atomic mass is 10.3. The number of carbonyl (C=O) groups is 1. The van der Waals surface area contributed by atoms with E-state index in [1.165, 1.54) is 13.3 Å². The van der Waals surface area contributed by atoms with Crippen LogP contribution in [0.1, 0.15) is 16.2 Å². The summed E-state index contributed by atoms with van der Waals surface area (Å²) in [6.07, 6.45) is 6.61. The van der Waals surface area contributed by atoms with Gasteiger partial charge in [0.2, 0.25) is 0 Å². The maximum atomic E-state index is 11.5. The molecule has 6 heteroatoms. The number of anilines is 1. The summed E-state index contributed by atoms with van der Waals surface area (Å²) in [6.45, 7) is 2.44. The minimum absolute atomic E-state index is 0.338. The van der Waals surface area contributed by atoms with Crippen molar-refractivity contribution in [3.05, 3.63) is 17.6 Å². The smallest absolute Gasteiger partial charge is 0.343 e. The topological polar surface area (TPSA) is 64.1 Å². The molecule has 0 atom stereocenters. The van der Waals surface area contributed by atoms with E-state index in [0.29, 0.717) is 29.5 Å². The van der Waals surface area contributed by atoms with Crippen LogP contribution in [-0.4, -0.2) is 41.1 Å². The molecule has 0 aromatic carbocycles. The van der Waals surface area contributed by atoms with Gasteiger partial charge in [0.1, 0.15) is 17.2 Å². The molecule has 0 fully saturated rings. The molecule has 1 aromatic rings. The SMILES string of the molecule is C#CCSCCNc1nc(C)ncc1C(=O)OC. The molecular weight excluding hydrogens is 250 g/mol. The highest BCUT2D eigenvalue weighted by atomic mass is 32.2. The lowest BCUT2D eigenvalue weighted by Crippen LogP contribution is -2.13. The van der Waals surface area contributed by atoms with Gasteiger partial charge in [-0.05, 0) is 6.92 Å². The number of hydrogen-bond donors (Lipinski definition) is 1. The van der Waals surface area contributed by atoms with E-state index in [0.717, 1.165) is 5.75 Å². The van der Waals surface area contributed by atoms with Crippen LogP contribution < -0.4 is 5.32 Å². The first-order valence-corrected chi connectivity index (χ1v) is 6.51. The van der Waals surface area contributed by atoms with Crippen molar-refractivity contribution in [2.24, 2.45) is 0 Å². The lowest BCUT2D eigenvalue weighted by molar-refractivity contribution is 0.0601. The standard InChI is InChI=1S/C12H15N3O2S/c1-4-6-18-7-5-13-11-10(12(16)17-3)8-14-9(2)15-11/h1,8H,5-7H2,2-3H3,(H,13,14,15). The molecule has 1 rings (SSSR count). The average Bonchev–Trinajstić information content (AvgIpc) is 2.38. The number of thioether (sulfide) groups is 1. The van der Waals surface area contributed by atoms with Gasteiger partial charge in [-0.1, -0.05) is 5.92 Å². The van der Waals surface area contributed by atoms with Crippen molar-refractivity contribution in [3.8, 4) is 12.3 Å². The molecule has 1 aromatic heterocycles. The molecule has 0 bridgehead atoms. The molecule has 1 N–H and O–H groups in total. The van der Waals surface area contributed by atoms with Crippen molar-refractivity contribution >= 4 is 23.5 Å². The first-order valence-electron chi connectivity index (χ1n) is 5.36. The summed E-state index contributed by atoms with van der Waals surface area (Å²) in [7, 11) is 1.33. The number of methoxy groups -OCH3 is 1. The number of carbonyl (C=O) groups excluding carboxylic acids is 1. The van der Waals surface area contributed by atoms with Crippen molar-refractivity contribution < 1.29 is 9.53 Å². The van der Waals surface area contributed by atoms with E-state index in [1.807, 2.05) is 0 Å². The van der Waals surface area contributed by atoms with E-state index < -0.39 is 5.97 Å². The maximum absolute atomic E-state index is 11.5. The van der Waals surface area contributed by atoms with E-state index in [-0.39, 0.29) is 0 Å². The zero-order valence-electron chi connectivity index (χ0n) is 10.4. The van der Waals surface area contributed by atoms with Gasteiger partial charge in [-0.3, -0.25) is 0 Å². The number of rotatable bonds is 6. The number of nitrogens with one attached hydrogen (secondary N) is 1. The Morgan fingerprint density at radius 2 is 2.44 bits per heavy atom. The van der Waals surface area contributed by atoms with Crippen molar-refractivity contribution in [3.63, 3.8) is 0 Å². The third-order valence-corrected chi connectivity index (χ3v) is 2.90. The monoisotopic (exact) mass is 265 g/mol. The Morgan fingerprint density at radius 1 is 1.67 bits per heavy atom. The van der Waals surface area contributed by atoms with Crippen LogP contribution in [0.15, 0.2) is 6.20 Å². The molecule has 0 spiro atoms. The predicted octanol–water partition coefficient (Wildman–Crippen LogP) is 1.35. The molecule has 0 radical (unpaired) electrons. The Hall–Kier alpha value is -1.74. The molecule has 0 saturated heterocycles. The molecule has 0 saturated carbocycles. The maximum Gasteiger partial charge on any atom is 0.343 e. The van der Waals surface area contributed by atoms with Crippen LogP contribution >= 0.6 is 11.8 Å². The Kier molecular flexibility index (Phi) is 6.01. The highest BCUT2D eigenvalue weighted by Crippen LogP contribution is 2.13. The molecule has 0 aliphatic rings. The van der Waals surface area contributed by atoms with Crippen LogP contribution in [0.25, 0.3) is 0 Å². The fourth-order valence-corrected chi connectivity index (χ4v) is 1.75. The largest absolute Gasteiger partial charge is 0.465 e. The van der Waals surface area contributed by atoms with Crippen molar-refractivity contribution in [2.75, 3.05) is 30.5 Å². The van der Waals surface area contributed by atoms with Gasteiger partial charge >= 0.3 is 5.97 Å². The van der Waals surface area contributed by atoms with Crippen molar-refractivity contribution in [2.45, 2.75) is 6.92 Å². The number of ether oxygens (including phenoxy) is 1. The number of terminal acetylenes is 1. The van der Waals surface area contributed by atoms with Crippen LogP contribution in [0.3, 0.4) is 0 Å². The van der Waals surface area contributed by atoms with E-state index in [9.17, 15) is 4.79 Å². The van der Waals surface area contributed by atoms with Gasteiger partial charge in [0, 0.05) is 18.5 Å². The van der Waals surface area contributed by atoms with Crippen LogP contribution in [0.4, 0.5) is 5.82 Å². The Labute approximate surface area is 111 Å². The summed E-state index contributed by atoms with van der Waals surface area (Å²) in [5.74, 6) is 4.71. The van der Waals surface area contributed by atoms with Gasteiger partial charge < -0.3 is 10.1 Å². The molecule has 0 aliphatic carbocycles. The first-order chi connectivity index (χ1) is 8.69. The molecular formula is C12H15N3O2S. The number of esters is 1. The van der Waals surface area contributed by atoms with Gasteiger partial charge in [-0.2, -0.15) is 0 Å². The van der Waals surface area contributed by atoms with Crippen LogP contribution in [-0.2, 0) is 4.74 Å². The summed E-state index contributed by atoms with van der Waals surface area (Å²) in [4.78, 5) is 19.7. The Balaban J connectivity index is 2.65. The Bertz CT molecular complexity index is 457. The second-order valence-electron chi connectivity index (χ2n) is 3.35. The third kappa shape index (κ3) is 4.26. The summed E-state index contributed by atoms with van der Waals surface area (Å²) in [6, 6.07) is 0. The van der Waals surface area contributed by atoms with Crippen molar-refractivity contribution in [1.29, 1.82) is 0 Å². The van der Waals surface area contributed by atoms with Gasteiger partial charge in [-0.25, -0.2) is 14.8 Å². The van der Waals surface area contributed by atoms with E-state index >= 15 is 0 Å². The summed E-state index contributed by atoms with van der Waals surface area (Å²) in [5, 5.41) is 3.09. The molecule has 0 aliphatic heterocycles. The molecule has 1 heterocycles.